The summed E-state index contributed by atoms with van der Waals surface area (Å²) in [7, 11) is 0. The summed E-state index contributed by atoms with van der Waals surface area (Å²) in [6.45, 7) is 0. The molecule has 0 atom stereocenters. The van der Waals surface area contributed by atoms with Crippen LogP contribution in [0.2, 0.25) is 0 Å². The van der Waals surface area contributed by atoms with E-state index in [0.29, 0.717) is 0 Å². The Morgan fingerprint density at radius 1 is 0.407 bits per heavy atom. The molecule has 0 aromatic heterocycles. The molecule has 0 aliphatic carbocycles. The Labute approximate surface area is 170 Å². The smallest absolute Gasteiger partial charge is 0.115 e. The zero-order chi connectivity index (χ0) is 18.8. The first-order chi connectivity index (χ1) is 13.1. The molecule has 1 aliphatic rings. The van der Waals surface area contributed by atoms with E-state index in [4.69, 9.17) is 0 Å². The van der Waals surface area contributed by atoms with Crippen LogP contribution in [-0.2, 0) is 0 Å². The molecule has 4 rings (SSSR count). The van der Waals surface area contributed by atoms with Crippen molar-refractivity contribution in [3.63, 3.8) is 0 Å². The van der Waals surface area contributed by atoms with Crippen molar-refractivity contribution >= 4 is 35.3 Å². The summed E-state index contributed by atoms with van der Waals surface area (Å²) in [4.78, 5) is 0. The number of benzene rings is 3. The van der Waals surface area contributed by atoms with Gasteiger partial charge in [0, 0.05) is 0 Å². The standard InChI is InChI=1S/C21H18O3S3/c22-16-7-1-13(2-8-16)19-25-20(14-3-9-17(23)10-4-14)27-21(26-19)15-5-11-18(24)12-6-15/h1-12,19-24H. The molecule has 1 fully saturated rings. The minimum Gasteiger partial charge on any atom is -0.508 e. The minimum atomic E-state index is 0.212. The lowest BCUT2D eigenvalue weighted by atomic mass is 10.2. The molecule has 3 N–H and O–H groups in total. The third-order valence-electron chi connectivity index (χ3n) is 4.24. The molecular weight excluding hydrogens is 396 g/mol. The van der Waals surface area contributed by atoms with Gasteiger partial charge in [0.05, 0.1) is 13.7 Å². The monoisotopic (exact) mass is 414 g/mol. The molecule has 0 spiro atoms. The van der Waals surface area contributed by atoms with E-state index in [1.807, 2.05) is 71.7 Å². The molecule has 0 bridgehead atoms. The largest absolute Gasteiger partial charge is 0.508 e. The van der Waals surface area contributed by atoms with Crippen LogP contribution in [0.1, 0.15) is 30.4 Å². The van der Waals surface area contributed by atoms with Gasteiger partial charge < -0.3 is 15.3 Å². The summed E-state index contributed by atoms with van der Waals surface area (Å²) in [5.41, 5.74) is 3.49. The average Bonchev–Trinajstić information content (AvgIpc) is 2.69. The van der Waals surface area contributed by atoms with E-state index < -0.39 is 0 Å². The number of hydrogen-bond acceptors (Lipinski definition) is 6. The Bertz CT molecular complexity index is 767. The topological polar surface area (TPSA) is 60.7 Å². The van der Waals surface area contributed by atoms with Crippen molar-refractivity contribution in [2.45, 2.75) is 13.7 Å². The van der Waals surface area contributed by atoms with Crippen LogP contribution >= 0.6 is 35.3 Å². The summed E-state index contributed by atoms with van der Waals surface area (Å²) in [6.07, 6.45) is 0. The van der Waals surface area contributed by atoms with E-state index in [9.17, 15) is 15.3 Å². The maximum Gasteiger partial charge on any atom is 0.115 e. The lowest BCUT2D eigenvalue weighted by Crippen LogP contribution is -2.05. The zero-order valence-corrected chi connectivity index (χ0v) is 16.7. The third kappa shape index (κ3) is 4.34. The maximum atomic E-state index is 9.60. The highest BCUT2D eigenvalue weighted by atomic mass is 32.3. The van der Waals surface area contributed by atoms with E-state index >= 15 is 0 Å². The predicted molar refractivity (Wildman–Crippen MR) is 115 cm³/mol. The van der Waals surface area contributed by atoms with Crippen LogP contribution < -0.4 is 0 Å². The van der Waals surface area contributed by atoms with E-state index in [2.05, 4.69) is 0 Å². The van der Waals surface area contributed by atoms with Gasteiger partial charge in [0.2, 0.25) is 0 Å². The number of aromatic hydroxyl groups is 3. The van der Waals surface area contributed by atoms with E-state index in [0.717, 1.165) is 16.7 Å². The van der Waals surface area contributed by atoms with Gasteiger partial charge in [-0.1, -0.05) is 36.4 Å². The van der Waals surface area contributed by atoms with Gasteiger partial charge in [0.1, 0.15) is 17.2 Å². The first-order valence-electron chi connectivity index (χ1n) is 8.42. The van der Waals surface area contributed by atoms with Crippen molar-refractivity contribution in [2.24, 2.45) is 0 Å². The summed E-state index contributed by atoms with van der Waals surface area (Å²) >= 11 is 5.59. The average molecular weight is 415 g/mol. The van der Waals surface area contributed by atoms with Gasteiger partial charge in [0.25, 0.3) is 0 Å². The Hall–Kier alpha value is -1.89. The normalized spacial score (nSPS) is 22.4. The van der Waals surface area contributed by atoms with Gasteiger partial charge >= 0.3 is 0 Å². The van der Waals surface area contributed by atoms with Gasteiger partial charge in [-0.15, -0.1) is 35.3 Å². The molecule has 0 unspecified atom stereocenters. The first kappa shape index (κ1) is 18.5. The second kappa shape index (κ2) is 8.00. The number of hydrogen-bond donors (Lipinski definition) is 3. The summed E-state index contributed by atoms with van der Waals surface area (Å²) in [6, 6.07) is 22.2. The lowest BCUT2D eigenvalue weighted by molar-refractivity contribution is 0.474. The van der Waals surface area contributed by atoms with Crippen molar-refractivity contribution < 1.29 is 15.3 Å². The van der Waals surface area contributed by atoms with Gasteiger partial charge in [-0.25, -0.2) is 0 Å². The van der Waals surface area contributed by atoms with Crippen molar-refractivity contribution in [1.29, 1.82) is 0 Å². The van der Waals surface area contributed by atoms with E-state index in [1.54, 1.807) is 36.4 Å². The first-order valence-corrected chi connectivity index (χ1v) is 11.2. The fraction of sp³-hybridized carbons (Fsp3) is 0.143. The molecule has 6 heteroatoms. The Balaban J connectivity index is 1.66. The maximum absolute atomic E-state index is 9.60. The van der Waals surface area contributed by atoms with Gasteiger partial charge in [-0.05, 0) is 53.1 Å². The molecule has 0 radical (unpaired) electrons. The third-order valence-corrected chi connectivity index (χ3v) is 9.35. The molecule has 3 aromatic rings. The molecule has 27 heavy (non-hydrogen) atoms. The van der Waals surface area contributed by atoms with Gasteiger partial charge in [-0.2, -0.15) is 0 Å². The molecule has 1 aliphatic heterocycles. The van der Waals surface area contributed by atoms with Crippen LogP contribution in [-0.4, -0.2) is 15.3 Å². The molecular formula is C21H18O3S3. The molecule has 1 heterocycles. The summed E-state index contributed by atoms with van der Waals surface area (Å²) in [5, 5.41) is 28.8. The highest BCUT2D eigenvalue weighted by Crippen LogP contribution is 2.66. The Kier molecular flexibility index (Phi) is 5.48. The lowest BCUT2D eigenvalue weighted by Gasteiger charge is -2.34. The SMILES string of the molecule is Oc1ccc(C2SC(c3ccc(O)cc3)SC(c3ccc(O)cc3)S2)cc1. The minimum absolute atomic E-state index is 0.212. The van der Waals surface area contributed by atoms with Crippen LogP contribution in [0.25, 0.3) is 0 Å². The second-order valence-corrected chi connectivity index (χ2v) is 10.7. The Morgan fingerprint density at radius 2 is 0.630 bits per heavy atom. The highest BCUT2D eigenvalue weighted by Gasteiger charge is 2.33. The molecule has 3 aromatic carbocycles. The van der Waals surface area contributed by atoms with Crippen molar-refractivity contribution in [2.75, 3.05) is 0 Å². The van der Waals surface area contributed by atoms with E-state index in [1.165, 1.54) is 0 Å². The van der Waals surface area contributed by atoms with Crippen molar-refractivity contribution in [3.05, 3.63) is 89.5 Å². The number of rotatable bonds is 3. The highest BCUT2D eigenvalue weighted by molar-refractivity contribution is 8.32. The predicted octanol–water partition coefficient (Wildman–Crippen LogP) is 6.41. The van der Waals surface area contributed by atoms with Crippen LogP contribution in [0, 0.1) is 0 Å². The number of thioether (sulfide) groups is 3. The van der Waals surface area contributed by atoms with Crippen LogP contribution in [0.3, 0.4) is 0 Å². The van der Waals surface area contributed by atoms with Crippen molar-refractivity contribution in [1.82, 2.24) is 0 Å². The van der Waals surface area contributed by atoms with Crippen LogP contribution in [0.4, 0.5) is 0 Å². The molecule has 0 amide bonds. The quantitative estimate of drug-likeness (QED) is 0.460. The molecule has 1 saturated heterocycles. The van der Waals surface area contributed by atoms with Crippen molar-refractivity contribution in [3.8, 4) is 17.2 Å². The number of phenols is 3. The second-order valence-electron chi connectivity index (χ2n) is 6.18. The molecule has 138 valence electrons. The van der Waals surface area contributed by atoms with Gasteiger partial charge in [-0.3, -0.25) is 0 Å². The Morgan fingerprint density at radius 3 is 0.852 bits per heavy atom. The fourth-order valence-corrected chi connectivity index (χ4v) is 8.76. The van der Waals surface area contributed by atoms with E-state index in [-0.39, 0.29) is 31.0 Å². The summed E-state index contributed by atoms with van der Waals surface area (Å²) < 4.78 is 0.637. The fourth-order valence-electron chi connectivity index (χ4n) is 2.80. The van der Waals surface area contributed by atoms with Crippen LogP contribution in [0.15, 0.2) is 72.8 Å². The molecule has 0 saturated carbocycles. The molecule has 3 nitrogen and oxygen atoms in total. The van der Waals surface area contributed by atoms with Crippen LogP contribution in [0.5, 0.6) is 17.2 Å². The number of phenolic OH excluding ortho intramolecular Hbond substituents is 3. The summed E-state index contributed by atoms with van der Waals surface area (Å²) in [5.74, 6) is 0.803. The van der Waals surface area contributed by atoms with Gasteiger partial charge in [0.15, 0.2) is 0 Å². The zero-order valence-electron chi connectivity index (χ0n) is 14.2.